The normalized spacial score (nSPS) is 15.9. The Labute approximate surface area is 332 Å². The lowest BCUT2D eigenvalue weighted by Crippen LogP contribution is -2.44. The monoisotopic (exact) mass is 750 g/mol. The van der Waals surface area contributed by atoms with E-state index in [1.165, 1.54) is 47.5 Å². The van der Waals surface area contributed by atoms with E-state index >= 15 is 0 Å². The van der Waals surface area contributed by atoms with Crippen molar-refractivity contribution in [3.8, 4) is 16.8 Å². The van der Waals surface area contributed by atoms with E-state index in [0.717, 1.165) is 55.7 Å². The van der Waals surface area contributed by atoms with Crippen molar-refractivity contribution in [1.82, 2.24) is 15.2 Å². The van der Waals surface area contributed by atoms with E-state index in [4.69, 9.17) is 9.41 Å². The van der Waals surface area contributed by atoms with E-state index in [1.807, 2.05) is 17.4 Å². The molecule has 11 aromatic rings. The third-order valence-electron chi connectivity index (χ3n) is 11.5. The predicted molar refractivity (Wildman–Crippen MR) is 238 cm³/mol. The lowest BCUT2D eigenvalue weighted by Gasteiger charge is -2.32. The zero-order chi connectivity index (χ0) is 37.5. The summed E-state index contributed by atoms with van der Waals surface area (Å²) in [7, 11) is 0. The van der Waals surface area contributed by atoms with Gasteiger partial charge in [-0.15, -0.1) is 11.3 Å². The van der Waals surface area contributed by atoms with Crippen LogP contribution in [0.4, 0.5) is 0 Å². The molecule has 3 aromatic heterocycles. The number of benzene rings is 8. The first kappa shape index (κ1) is 32.3. The average molecular weight is 751 g/mol. The third kappa shape index (κ3) is 5.22. The van der Waals surface area contributed by atoms with Gasteiger partial charge in [-0.3, -0.25) is 5.32 Å². The Morgan fingerprint density at radius 1 is 0.491 bits per heavy atom. The molecule has 4 heterocycles. The lowest BCUT2D eigenvalue weighted by atomic mass is 10.0. The number of aliphatic imine (C=N–C) groups is 1. The zero-order valence-electron chi connectivity index (χ0n) is 30.7. The number of thiophene rings is 1. The smallest absolute Gasteiger partial charge is 0.159 e. The molecule has 2 N–H and O–H groups in total. The molecule has 2 atom stereocenters. The van der Waals surface area contributed by atoms with Crippen LogP contribution in [-0.2, 0) is 0 Å². The molecule has 2 unspecified atom stereocenters. The quantitative estimate of drug-likeness (QED) is 0.184. The number of fused-ring (bicyclic) bond motifs is 9. The maximum absolute atomic E-state index is 6.81. The molecule has 0 spiro atoms. The highest BCUT2D eigenvalue weighted by molar-refractivity contribution is 7.25. The molecule has 8 aromatic carbocycles. The summed E-state index contributed by atoms with van der Waals surface area (Å²) in [6, 6.07) is 64.9. The number of amidine groups is 1. The average Bonchev–Trinajstić information content (AvgIpc) is 3.95. The standard InChI is InChI=1S/C51H34N4OS/c1-3-12-31(13-4-1)49-52-50(32-14-5-2-6-15-32)54-51(53-49)35-23-26-39-41-28-33(24-27-46(41)57-47(39)30-35)34-22-25-38-40-18-11-21-44(48(40)56-45(38)29-34)55-42-19-9-7-16-36(42)37-17-8-10-20-43(37)55/h1-30,49-50,52H,(H,53,54). The van der Waals surface area contributed by atoms with Gasteiger partial charge in [-0.1, -0.05) is 133 Å². The Kier molecular flexibility index (Phi) is 7.24. The SMILES string of the molecule is c1ccc(C2N=C(c3ccc4c(c3)sc3ccc(-c5ccc6c(c5)oc5c(-n7c8ccccc8c8ccccc87)cccc56)cc34)NC(c3ccccc3)N2)cc1. The molecule has 57 heavy (non-hydrogen) atoms. The summed E-state index contributed by atoms with van der Waals surface area (Å²) in [5.74, 6) is 0.886. The highest BCUT2D eigenvalue weighted by Crippen LogP contribution is 2.41. The second-order valence-electron chi connectivity index (χ2n) is 14.8. The van der Waals surface area contributed by atoms with Crippen molar-refractivity contribution in [1.29, 1.82) is 0 Å². The van der Waals surface area contributed by atoms with E-state index in [0.29, 0.717) is 0 Å². The minimum Gasteiger partial charge on any atom is -0.454 e. The minimum atomic E-state index is -0.169. The van der Waals surface area contributed by atoms with Crippen molar-refractivity contribution in [2.75, 3.05) is 0 Å². The van der Waals surface area contributed by atoms with Gasteiger partial charge in [-0.05, 0) is 70.8 Å². The molecule has 6 heteroatoms. The van der Waals surface area contributed by atoms with Crippen LogP contribution in [-0.4, -0.2) is 10.4 Å². The highest BCUT2D eigenvalue weighted by atomic mass is 32.1. The highest BCUT2D eigenvalue weighted by Gasteiger charge is 2.26. The Balaban J connectivity index is 0.924. The van der Waals surface area contributed by atoms with Gasteiger partial charge in [0.2, 0.25) is 0 Å². The van der Waals surface area contributed by atoms with Crippen LogP contribution in [0.2, 0.25) is 0 Å². The zero-order valence-corrected chi connectivity index (χ0v) is 31.5. The lowest BCUT2D eigenvalue weighted by molar-refractivity contribution is 0.409. The van der Waals surface area contributed by atoms with E-state index < -0.39 is 0 Å². The molecule has 0 aliphatic carbocycles. The molecular weight excluding hydrogens is 717 g/mol. The minimum absolute atomic E-state index is 0.0751. The number of furan rings is 1. The van der Waals surface area contributed by atoms with Gasteiger partial charge in [-0.2, -0.15) is 0 Å². The summed E-state index contributed by atoms with van der Waals surface area (Å²) in [6.07, 6.45) is -0.244. The molecule has 12 rings (SSSR count). The number of aromatic nitrogens is 1. The van der Waals surface area contributed by atoms with Crippen LogP contribution in [0.5, 0.6) is 0 Å². The van der Waals surface area contributed by atoms with Crippen molar-refractivity contribution in [3.63, 3.8) is 0 Å². The Bertz CT molecular complexity index is 3320. The molecule has 0 amide bonds. The van der Waals surface area contributed by atoms with E-state index in [2.05, 4.69) is 191 Å². The molecule has 270 valence electrons. The number of nitrogens with zero attached hydrogens (tertiary/aromatic N) is 2. The summed E-state index contributed by atoms with van der Waals surface area (Å²) in [6.45, 7) is 0. The summed E-state index contributed by atoms with van der Waals surface area (Å²) >= 11 is 1.83. The molecule has 0 fully saturated rings. The van der Waals surface area contributed by atoms with Crippen molar-refractivity contribution in [3.05, 3.63) is 199 Å². The number of rotatable bonds is 5. The van der Waals surface area contributed by atoms with E-state index in [1.54, 1.807) is 0 Å². The number of para-hydroxylation sites is 3. The van der Waals surface area contributed by atoms with Crippen LogP contribution >= 0.6 is 11.3 Å². The molecule has 0 saturated carbocycles. The number of hydrogen-bond acceptors (Lipinski definition) is 5. The summed E-state index contributed by atoms with van der Waals surface area (Å²) < 4.78 is 11.7. The summed E-state index contributed by atoms with van der Waals surface area (Å²) in [4.78, 5) is 5.19. The van der Waals surface area contributed by atoms with Gasteiger partial charge in [0.05, 0.1) is 16.7 Å². The van der Waals surface area contributed by atoms with Gasteiger partial charge in [0.15, 0.2) is 5.58 Å². The fourth-order valence-electron chi connectivity index (χ4n) is 8.75. The third-order valence-corrected chi connectivity index (χ3v) is 12.6. The van der Waals surface area contributed by atoms with Gasteiger partial charge in [0, 0.05) is 47.3 Å². The van der Waals surface area contributed by atoms with Crippen LogP contribution in [0.25, 0.3) is 80.7 Å². The Hall–Kier alpha value is -6.99. The molecule has 5 nitrogen and oxygen atoms in total. The largest absolute Gasteiger partial charge is 0.454 e. The van der Waals surface area contributed by atoms with Gasteiger partial charge < -0.3 is 14.3 Å². The van der Waals surface area contributed by atoms with Gasteiger partial charge >= 0.3 is 0 Å². The topological polar surface area (TPSA) is 54.5 Å². The van der Waals surface area contributed by atoms with Gasteiger partial charge in [-0.25, -0.2) is 4.99 Å². The van der Waals surface area contributed by atoms with Crippen molar-refractivity contribution in [2.24, 2.45) is 4.99 Å². The van der Waals surface area contributed by atoms with Crippen molar-refractivity contribution < 1.29 is 4.42 Å². The van der Waals surface area contributed by atoms with Crippen LogP contribution in [0.3, 0.4) is 0 Å². The summed E-state index contributed by atoms with van der Waals surface area (Å²) in [5.41, 5.74) is 10.8. The van der Waals surface area contributed by atoms with Crippen molar-refractivity contribution in [2.45, 2.75) is 12.3 Å². The summed E-state index contributed by atoms with van der Waals surface area (Å²) in [5, 5.41) is 14.6. The fourth-order valence-corrected chi connectivity index (χ4v) is 9.88. The Morgan fingerprint density at radius 2 is 1.14 bits per heavy atom. The molecule has 0 bridgehead atoms. The fraction of sp³-hybridized carbons (Fsp3) is 0.0392. The predicted octanol–water partition coefficient (Wildman–Crippen LogP) is 13.1. The van der Waals surface area contributed by atoms with Gasteiger partial charge in [0.25, 0.3) is 0 Å². The van der Waals surface area contributed by atoms with E-state index in [-0.39, 0.29) is 12.3 Å². The van der Waals surface area contributed by atoms with Crippen molar-refractivity contribution >= 4 is 81.1 Å². The van der Waals surface area contributed by atoms with Crippen LogP contribution < -0.4 is 10.6 Å². The second-order valence-corrected chi connectivity index (χ2v) is 15.9. The first-order chi connectivity index (χ1) is 28.2. The maximum Gasteiger partial charge on any atom is 0.159 e. The van der Waals surface area contributed by atoms with Crippen LogP contribution in [0, 0.1) is 0 Å². The van der Waals surface area contributed by atoms with Crippen LogP contribution in [0.1, 0.15) is 29.0 Å². The first-order valence-electron chi connectivity index (χ1n) is 19.3. The molecule has 0 radical (unpaired) electrons. The first-order valence-corrected chi connectivity index (χ1v) is 20.2. The van der Waals surface area contributed by atoms with Crippen LogP contribution in [0.15, 0.2) is 191 Å². The van der Waals surface area contributed by atoms with Gasteiger partial charge in [0.1, 0.15) is 23.8 Å². The molecule has 0 saturated heterocycles. The molecule has 1 aliphatic rings. The molecular formula is C51H34N4OS. The molecule has 1 aliphatic heterocycles. The van der Waals surface area contributed by atoms with E-state index in [9.17, 15) is 0 Å². The second kappa shape index (κ2) is 12.8. The Morgan fingerprint density at radius 3 is 1.93 bits per heavy atom. The number of hydrogen-bond donors (Lipinski definition) is 2. The number of nitrogens with one attached hydrogen (secondary N) is 2. The maximum atomic E-state index is 6.81.